The number of rotatable bonds is 4. The third-order valence-electron chi connectivity index (χ3n) is 5.25. The van der Waals surface area contributed by atoms with Crippen molar-refractivity contribution in [2.24, 2.45) is 0 Å². The molecule has 0 amide bonds. The van der Waals surface area contributed by atoms with E-state index in [4.69, 9.17) is 20.3 Å². The van der Waals surface area contributed by atoms with Gasteiger partial charge in [-0.3, -0.25) is 0 Å². The molecule has 0 radical (unpaired) electrons. The summed E-state index contributed by atoms with van der Waals surface area (Å²) < 4.78 is 31.7. The molecule has 0 saturated heterocycles. The fourth-order valence-electron chi connectivity index (χ4n) is 3.91. The zero-order chi connectivity index (χ0) is 19.3. The van der Waals surface area contributed by atoms with Gasteiger partial charge in [-0.2, -0.15) is 0 Å². The molecule has 0 spiro atoms. The summed E-state index contributed by atoms with van der Waals surface area (Å²) in [5.41, 5.74) is 5.28. The second-order valence-corrected chi connectivity index (χ2v) is 6.91. The molecule has 3 aliphatic rings. The number of fused-ring (bicyclic) bond motifs is 5. The van der Waals surface area contributed by atoms with E-state index >= 15 is 0 Å². The molecule has 5 rings (SSSR count). The molecule has 5 heteroatoms. The fourth-order valence-corrected chi connectivity index (χ4v) is 3.91. The topological polar surface area (TPSA) is 40.2 Å². The molecular formula is C22H23NO4. The lowest BCUT2D eigenvalue weighted by Gasteiger charge is -2.37. The van der Waals surface area contributed by atoms with Crippen LogP contribution >= 0.6 is 0 Å². The second kappa shape index (κ2) is 6.41. The quantitative estimate of drug-likeness (QED) is 0.815. The monoisotopic (exact) mass is 366 g/mol. The first-order valence-corrected chi connectivity index (χ1v) is 9.38. The standard InChI is InChI=1S/C22H23NO4/c1-3-8-25-22-17-12-23-7-6-15-10-20-21(27-13-26-20)11-16(15)18(23)9-14(17)4-5-19(22)24-2/h4-5,9-11H,3,6-8,12-13H2,1-2H3/i12D. The molecule has 2 aromatic carbocycles. The van der Waals surface area contributed by atoms with Crippen molar-refractivity contribution >= 4 is 11.8 Å². The van der Waals surface area contributed by atoms with Gasteiger partial charge in [-0.05, 0) is 48.2 Å². The van der Waals surface area contributed by atoms with Crippen LogP contribution in [0, 0.1) is 0 Å². The van der Waals surface area contributed by atoms with E-state index in [1.54, 1.807) is 7.11 Å². The van der Waals surface area contributed by atoms with Crippen LogP contribution in [0.25, 0.3) is 11.8 Å². The van der Waals surface area contributed by atoms with Gasteiger partial charge in [-0.25, -0.2) is 0 Å². The lowest BCUT2D eigenvalue weighted by molar-refractivity contribution is 0.174. The predicted octanol–water partition coefficient (Wildman–Crippen LogP) is 4.08. The molecule has 0 aromatic heterocycles. The average Bonchev–Trinajstić information content (AvgIpc) is 3.17. The summed E-state index contributed by atoms with van der Waals surface area (Å²) in [4.78, 5) is 2.13. The Labute approximate surface area is 160 Å². The van der Waals surface area contributed by atoms with Gasteiger partial charge in [0.05, 0.1) is 15.1 Å². The Morgan fingerprint density at radius 2 is 2.07 bits per heavy atom. The third kappa shape index (κ3) is 2.60. The number of methoxy groups -OCH3 is 1. The Balaban J connectivity index is 1.65. The summed E-state index contributed by atoms with van der Waals surface area (Å²) in [6.07, 6.45) is 3.92. The van der Waals surface area contributed by atoms with Crippen molar-refractivity contribution in [2.75, 3.05) is 27.1 Å². The lowest BCUT2D eigenvalue weighted by Crippen LogP contribution is -2.31. The first kappa shape index (κ1) is 15.3. The summed E-state index contributed by atoms with van der Waals surface area (Å²) in [5, 5.41) is 0. The minimum atomic E-state index is -0.546. The smallest absolute Gasteiger partial charge is 0.231 e. The maximum atomic E-state index is 9.01. The molecule has 1 unspecified atom stereocenters. The summed E-state index contributed by atoms with van der Waals surface area (Å²) >= 11 is 0. The molecule has 5 nitrogen and oxygen atoms in total. The highest BCUT2D eigenvalue weighted by molar-refractivity contribution is 5.87. The van der Waals surface area contributed by atoms with Gasteiger partial charge < -0.3 is 23.8 Å². The molecular weight excluding hydrogens is 342 g/mol. The summed E-state index contributed by atoms with van der Waals surface area (Å²) in [6.45, 7) is 3.17. The van der Waals surface area contributed by atoms with Crippen LogP contribution in [0.15, 0.2) is 24.3 Å². The van der Waals surface area contributed by atoms with E-state index in [2.05, 4.69) is 24.0 Å². The van der Waals surface area contributed by atoms with Crippen LogP contribution in [-0.2, 0) is 12.9 Å². The van der Waals surface area contributed by atoms with Crippen LogP contribution < -0.4 is 18.9 Å². The number of ether oxygens (including phenoxy) is 4. The van der Waals surface area contributed by atoms with Crippen LogP contribution in [0.4, 0.5) is 0 Å². The van der Waals surface area contributed by atoms with Gasteiger partial charge in [0.2, 0.25) is 6.79 Å². The van der Waals surface area contributed by atoms with E-state index in [0.717, 1.165) is 53.3 Å². The molecule has 3 aliphatic heterocycles. The normalized spacial score (nSPS) is 19.5. The van der Waals surface area contributed by atoms with Crippen LogP contribution in [0.5, 0.6) is 23.0 Å². The molecule has 0 fully saturated rings. The predicted molar refractivity (Wildman–Crippen MR) is 103 cm³/mol. The van der Waals surface area contributed by atoms with Crippen LogP contribution in [0.1, 0.15) is 37.0 Å². The number of nitrogens with zero attached hydrogens (tertiary/aromatic N) is 1. The van der Waals surface area contributed by atoms with E-state index in [-0.39, 0.29) is 6.79 Å². The molecule has 0 bridgehead atoms. The maximum Gasteiger partial charge on any atom is 0.231 e. The van der Waals surface area contributed by atoms with Gasteiger partial charge >= 0.3 is 0 Å². The number of hydrogen-bond donors (Lipinski definition) is 0. The largest absolute Gasteiger partial charge is 0.493 e. The SMILES string of the molecule is [2H]C1c2c(ccc(OC)c2OCCC)C=C2c3cc4c(cc3CCN21)OCO4. The van der Waals surface area contributed by atoms with Crippen molar-refractivity contribution in [1.29, 1.82) is 0 Å². The Morgan fingerprint density at radius 1 is 1.22 bits per heavy atom. The van der Waals surface area contributed by atoms with Gasteiger partial charge in [0.1, 0.15) is 0 Å². The van der Waals surface area contributed by atoms with Crippen LogP contribution in [0.2, 0.25) is 0 Å². The van der Waals surface area contributed by atoms with Crippen LogP contribution in [0.3, 0.4) is 0 Å². The molecule has 1 atom stereocenters. The highest BCUT2D eigenvalue weighted by atomic mass is 16.7. The van der Waals surface area contributed by atoms with E-state index in [0.29, 0.717) is 18.1 Å². The first-order chi connectivity index (χ1) is 13.7. The van der Waals surface area contributed by atoms with Gasteiger partial charge in [0.25, 0.3) is 0 Å². The van der Waals surface area contributed by atoms with E-state index in [1.807, 2.05) is 18.2 Å². The highest BCUT2D eigenvalue weighted by Crippen LogP contribution is 2.45. The summed E-state index contributed by atoms with van der Waals surface area (Å²) in [7, 11) is 1.64. The fraction of sp³-hybridized carbons (Fsp3) is 0.364. The Kier molecular flexibility index (Phi) is 3.62. The minimum Gasteiger partial charge on any atom is -0.493 e. The maximum absolute atomic E-state index is 9.01. The number of benzene rings is 2. The van der Waals surface area contributed by atoms with Crippen molar-refractivity contribution in [3.8, 4) is 23.0 Å². The lowest BCUT2D eigenvalue weighted by atomic mass is 9.90. The molecule has 0 aliphatic carbocycles. The molecule has 0 N–H and O–H groups in total. The average molecular weight is 366 g/mol. The Morgan fingerprint density at radius 3 is 2.89 bits per heavy atom. The first-order valence-electron chi connectivity index (χ1n) is 9.96. The summed E-state index contributed by atoms with van der Waals surface area (Å²) in [6, 6.07) is 8.06. The van der Waals surface area contributed by atoms with Gasteiger partial charge in [-0.1, -0.05) is 13.0 Å². The minimum absolute atomic E-state index is 0.267. The summed E-state index contributed by atoms with van der Waals surface area (Å²) in [5.74, 6) is 2.96. The van der Waals surface area contributed by atoms with Crippen molar-refractivity contribution < 1.29 is 20.3 Å². The van der Waals surface area contributed by atoms with E-state index in [9.17, 15) is 0 Å². The van der Waals surface area contributed by atoms with Crippen molar-refractivity contribution in [1.82, 2.24) is 4.90 Å². The third-order valence-corrected chi connectivity index (χ3v) is 5.25. The van der Waals surface area contributed by atoms with Gasteiger partial charge in [-0.15, -0.1) is 0 Å². The van der Waals surface area contributed by atoms with Crippen molar-refractivity contribution in [3.05, 3.63) is 46.5 Å². The van der Waals surface area contributed by atoms with Gasteiger partial charge in [0.15, 0.2) is 23.0 Å². The Bertz CT molecular complexity index is 971. The zero-order valence-electron chi connectivity index (χ0n) is 16.6. The second-order valence-electron chi connectivity index (χ2n) is 6.91. The van der Waals surface area contributed by atoms with Crippen LogP contribution in [-0.4, -0.2) is 32.0 Å². The molecule has 140 valence electrons. The Hall–Kier alpha value is -2.82. The van der Waals surface area contributed by atoms with Crippen molar-refractivity contribution in [2.45, 2.75) is 26.3 Å². The molecule has 3 heterocycles. The highest BCUT2D eigenvalue weighted by Gasteiger charge is 2.30. The number of hydrogen-bond acceptors (Lipinski definition) is 5. The molecule has 0 saturated carbocycles. The molecule has 2 aromatic rings. The van der Waals surface area contributed by atoms with E-state index < -0.39 is 6.52 Å². The van der Waals surface area contributed by atoms with Crippen molar-refractivity contribution in [3.63, 3.8) is 0 Å². The zero-order valence-corrected chi connectivity index (χ0v) is 15.6. The van der Waals surface area contributed by atoms with Gasteiger partial charge in [0, 0.05) is 29.9 Å². The van der Waals surface area contributed by atoms with E-state index in [1.165, 1.54) is 5.56 Å². The molecule has 27 heavy (non-hydrogen) atoms.